The molecule has 8 nitrogen and oxygen atoms in total. The minimum atomic E-state index is -0.563. The minimum Gasteiger partial charge on any atom is -0.465 e. The number of pyridine rings is 1. The van der Waals surface area contributed by atoms with Crippen molar-refractivity contribution in [3.8, 4) is 0 Å². The Labute approximate surface area is 212 Å². The number of hydrogen-bond acceptors (Lipinski definition) is 7. The number of nitrogens with one attached hydrogen (secondary N) is 1. The molecule has 0 aliphatic heterocycles. The van der Waals surface area contributed by atoms with E-state index in [-0.39, 0.29) is 6.54 Å². The van der Waals surface area contributed by atoms with Gasteiger partial charge in [-0.1, -0.05) is 30.3 Å². The Morgan fingerprint density at radius 3 is 2.57 bits per heavy atom. The average molecular weight is 497 g/mol. The van der Waals surface area contributed by atoms with Gasteiger partial charge in [-0.05, 0) is 65.9 Å². The average Bonchev–Trinajstić information content (AvgIpc) is 3.59. The zero-order valence-electron chi connectivity index (χ0n) is 20.2. The molecule has 37 heavy (non-hydrogen) atoms. The molecule has 2 aromatic heterocycles. The number of hydrogen-bond donors (Lipinski definition) is 1. The number of nitrogens with zero attached hydrogens (tertiary/aromatic N) is 1. The molecule has 1 aliphatic rings. The summed E-state index contributed by atoms with van der Waals surface area (Å²) in [6.07, 6.45) is 4.90. The Morgan fingerprint density at radius 1 is 1.00 bits per heavy atom. The molecule has 0 fully saturated rings. The second-order valence-corrected chi connectivity index (χ2v) is 8.56. The third-order valence-corrected chi connectivity index (χ3v) is 6.20. The number of methoxy groups -OCH3 is 1. The van der Waals surface area contributed by atoms with Crippen LogP contribution in [0.25, 0.3) is 22.6 Å². The van der Waals surface area contributed by atoms with Crippen LogP contribution in [-0.2, 0) is 27.2 Å². The fourth-order valence-corrected chi connectivity index (χ4v) is 4.39. The number of benzene rings is 2. The molecule has 0 saturated heterocycles. The van der Waals surface area contributed by atoms with Gasteiger partial charge in [-0.2, -0.15) is 0 Å². The number of carbonyl (C=O) groups excluding carboxylic acids is 3. The number of para-hydroxylation sites is 1. The Kier molecular flexibility index (Phi) is 6.81. The molecule has 8 heteroatoms. The largest absolute Gasteiger partial charge is 0.465 e. The summed E-state index contributed by atoms with van der Waals surface area (Å²) in [4.78, 5) is 42.0. The van der Waals surface area contributed by atoms with Crippen molar-refractivity contribution < 1.29 is 28.3 Å². The highest BCUT2D eigenvalue weighted by atomic mass is 16.5. The summed E-state index contributed by atoms with van der Waals surface area (Å²) in [5, 5.41) is 3.42. The third kappa shape index (κ3) is 5.13. The summed E-state index contributed by atoms with van der Waals surface area (Å²) in [5.41, 5.74) is 4.89. The van der Waals surface area contributed by atoms with Gasteiger partial charge < -0.3 is 19.2 Å². The van der Waals surface area contributed by atoms with Crippen molar-refractivity contribution in [3.05, 3.63) is 101 Å². The Morgan fingerprint density at radius 2 is 1.81 bits per heavy atom. The first-order valence-corrected chi connectivity index (χ1v) is 11.8. The molecule has 2 heterocycles. The van der Waals surface area contributed by atoms with Crippen LogP contribution < -0.4 is 5.32 Å². The normalized spacial score (nSPS) is 13.4. The van der Waals surface area contributed by atoms with Crippen LogP contribution in [0.4, 0.5) is 0 Å². The van der Waals surface area contributed by atoms with Crippen molar-refractivity contribution in [1.29, 1.82) is 0 Å². The number of furan rings is 1. The van der Waals surface area contributed by atoms with Crippen LogP contribution >= 0.6 is 0 Å². The summed E-state index contributed by atoms with van der Waals surface area (Å²) in [6, 6.07) is 17.8. The Bertz CT molecular complexity index is 1500. The first kappa shape index (κ1) is 24.0. The van der Waals surface area contributed by atoms with Crippen LogP contribution in [-0.4, -0.2) is 36.5 Å². The molecule has 1 N–H and O–H groups in total. The van der Waals surface area contributed by atoms with E-state index in [9.17, 15) is 14.4 Å². The smallest absolute Gasteiger partial charge is 0.339 e. The van der Waals surface area contributed by atoms with E-state index in [0.29, 0.717) is 28.5 Å². The van der Waals surface area contributed by atoms with Crippen molar-refractivity contribution in [2.75, 3.05) is 13.7 Å². The summed E-state index contributed by atoms with van der Waals surface area (Å²) >= 11 is 0. The highest BCUT2D eigenvalue weighted by Crippen LogP contribution is 2.37. The molecule has 2 aromatic carbocycles. The number of amides is 1. The maximum absolute atomic E-state index is 13.2. The van der Waals surface area contributed by atoms with E-state index in [1.165, 1.54) is 7.11 Å². The van der Waals surface area contributed by atoms with E-state index in [0.717, 1.165) is 34.6 Å². The van der Waals surface area contributed by atoms with E-state index in [2.05, 4.69) is 10.1 Å². The van der Waals surface area contributed by atoms with Gasteiger partial charge in [0, 0.05) is 11.9 Å². The molecule has 4 aromatic rings. The van der Waals surface area contributed by atoms with Gasteiger partial charge >= 0.3 is 11.9 Å². The summed E-state index contributed by atoms with van der Waals surface area (Å²) in [5.74, 6) is -0.703. The lowest BCUT2D eigenvalue weighted by Crippen LogP contribution is -2.28. The predicted molar refractivity (Wildman–Crippen MR) is 137 cm³/mol. The first-order chi connectivity index (χ1) is 18.0. The second kappa shape index (κ2) is 10.5. The second-order valence-electron chi connectivity index (χ2n) is 8.56. The third-order valence-electron chi connectivity index (χ3n) is 6.20. The minimum absolute atomic E-state index is 0.229. The lowest BCUT2D eigenvalue weighted by atomic mass is 10.0. The lowest BCUT2D eigenvalue weighted by molar-refractivity contribution is -0.124. The van der Waals surface area contributed by atoms with E-state index >= 15 is 0 Å². The van der Waals surface area contributed by atoms with Gasteiger partial charge in [0.05, 0.1) is 35.7 Å². The monoisotopic (exact) mass is 496 g/mol. The van der Waals surface area contributed by atoms with Crippen LogP contribution in [0.2, 0.25) is 0 Å². The van der Waals surface area contributed by atoms with Gasteiger partial charge in [0.15, 0.2) is 6.61 Å². The molecule has 0 saturated carbocycles. The van der Waals surface area contributed by atoms with E-state index in [1.54, 1.807) is 30.5 Å². The summed E-state index contributed by atoms with van der Waals surface area (Å²) < 4.78 is 15.6. The van der Waals surface area contributed by atoms with Gasteiger partial charge in [0.1, 0.15) is 5.76 Å². The fourth-order valence-electron chi connectivity index (χ4n) is 4.39. The fraction of sp³-hybridized carbons (Fsp3) is 0.172. The van der Waals surface area contributed by atoms with Crippen molar-refractivity contribution >= 4 is 40.4 Å². The van der Waals surface area contributed by atoms with Crippen molar-refractivity contribution in [3.63, 3.8) is 0 Å². The first-order valence-electron chi connectivity index (χ1n) is 11.8. The highest BCUT2D eigenvalue weighted by molar-refractivity contribution is 6.07. The Balaban J connectivity index is 1.30. The summed E-state index contributed by atoms with van der Waals surface area (Å²) in [6.45, 7) is -0.189. The molecule has 0 unspecified atom stereocenters. The lowest BCUT2D eigenvalue weighted by Gasteiger charge is -2.12. The van der Waals surface area contributed by atoms with Crippen LogP contribution in [0.5, 0.6) is 0 Å². The molecule has 0 bridgehead atoms. The number of aromatic nitrogens is 1. The van der Waals surface area contributed by atoms with Gasteiger partial charge in [-0.25, -0.2) is 14.6 Å². The van der Waals surface area contributed by atoms with Crippen LogP contribution in [0.3, 0.4) is 0 Å². The molecule has 1 amide bonds. The SMILES string of the molecule is COC(=O)c1ccc(CNC(=O)COC(=O)c2c3c(nc4ccccc24)/C(=C/c2ccco2)CC3)cc1. The number of allylic oxidation sites excluding steroid dienone is 1. The topological polar surface area (TPSA) is 108 Å². The predicted octanol–water partition coefficient (Wildman–Crippen LogP) is 4.57. The zero-order valence-corrected chi connectivity index (χ0v) is 20.2. The van der Waals surface area contributed by atoms with Crippen molar-refractivity contribution in [2.24, 2.45) is 0 Å². The molecular formula is C29H24N2O6. The Hall–Kier alpha value is -4.72. The quantitative estimate of drug-likeness (QED) is 0.373. The molecule has 186 valence electrons. The van der Waals surface area contributed by atoms with Crippen LogP contribution in [0.1, 0.15) is 49.7 Å². The van der Waals surface area contributed by atoms with Crippen molar-refractivity contribution in [2.45, 2.75) is 19.4 Å². The van der Waals surface area contributed by atoms with Gasteiger partial charge in [-0.3, -0.25) is 4.79 Å². The highest BCUT2D eigenvalue weighted by Gasteiger charge is 2.28. The van der Waals surface area contributed by atoms with Gasteiger partial charge in [0.25, 0.3) is 5.91 Å². The molecule has 0 radical (unpaired) electrons. The number of rotatable bonds is 7. The summed E-state index contributed by atoms with van der Waals surface area (Å²) in [7, 11) is 1.32. The maximum Gasteiger partial charge on any atom is 0.339 e. The standard InChI is InChI=1S/C29H24N2O6/c1-35-28(33)19-10-8-18(9-11-19)16-30-25(32)17-37-29(34)26-22-6-2-3-7-24(22)31-27-20(12-13-23(26)27)15-21-5-4-14-36-21/h2-11,14-15H,12-13,16-17H2,1H3,(H,30,32)/b20-15+. The van der Waals surface area contributed by atoms with Crippen LogP contribution in [0.15, 0.2) is 71.3 Å². The molecule has 5 rings (SSSR count). The maximum atomic E-state index is 13.2. The molecule has 0 atom stereocenters. The van der Waals surface area contributed by atoms with Crippen molar-refractivity contribution in [1.82, 2.24) is 10.3 Å². The number of ether oxygens (including phenoxy) is 2. The zero-order chi connectivity index (χ0) is 25.8. The number of fused-ring (bicyclic) bond motifs is 2. The molecule has 0 spiro atoms. The van der Waals surface area contributed by atoms with Gasteiger partial charge in [0.2, 0.25) is 0 Å². The molecule has 1 aliphatic carbocycles. The number of carbonyl (C=O) groups is 3. The van der Waals surface area contributed by atoms with E-state index in [4.69, 9.17) is 14.1 Å². The number of esters is 2. The molecular weight excluding hydrogens is 472 g/mol. The van der Waals surface area contributed by atoms with E-state index in [1.807, 2.05) is 42.5 Å². The van der Waals surface area contributed by atoms with Gasteiger partial charge in [-0.15, -0.1) is 0 Å². The van der Waals surface area contributed by atoms with E-state index < -0.39 is 24.5 Å². The van der Waals surface area contributed by atoms with Crippen LogP contribution in [0, 0.1) is 0 Å².